The number of nitrogens with zero attached hydrogens (tertiary/aromatic N) is 1. The Balaban J connectivity index is 2.49. The van der Waals surface area contributed by atoms with Crippen molar-refractivity contribution in [1.82, 2.24) is 4.90 Å². The van der Waals surface area contributed by atoms with Crippen molar-refractivity contribution in [2.75, 3.05) is 13.4 Å². The highest BCUT2D eigenvalue weighted by molar-refractivity contribution is 8.12. The first-order valence-corrected chi connectivity index (χ1v) is 8.81. The third-order valence-electron chi connectivity index (χ3n) is 3.49. The van der Waals surface area contributed by atoms with Crippen molar-refractivity contribution < 1.29 is 13.7 Å². The van der Waals surface area contributed by atoms with Crippen molar-refractivity contribution in [2.24, 2.45) is 5.41 Å². The molecule has 4 atom stereocenters. The first-order valence-electron chi connectivity index (χ1n) is 6.25. The van der Waals surface area contributed by atoms with Gasteiger partial charge in [-0.25, -0.2) is 0 Å². The fourth-order valence-corrected chi connectivity index (χ4v) is 5.68. The third-order valence-corrected chi connectivity index (χ3v) is 6.93. The van der Waals surface area contributed by atoms with Crippen LogP contribution in [0, 0.1) is 5.41 Å². The van der Waals surface area contributed by atoms with Crippen LogP contribution in [0.5, 0.6) is 0 Å². The maximum absolute atomic E-state index is 12.2. The molecule has 19 heavy (non-hydrogen) atoms. The average molecular weight is 303 g/mol. The van der Waals surface area contributed by atoms with Gasteiger partial charge in [0.15, 0.2) is 6.10 Å². The lowest BCUT2D eigenvalue weighted by Gasteiger charge is -2.54. The summed E-state index contributed by atoms with van der Waals surface area (Å²) in [6, 6.07) is 0. The zero-order chi connectivity index (χ0) is 14.5. The van der Waals surface area contributed by atoms with E-state index in [1.54, 1.807) is 25.1 Å². The third kappa shape index (κ3) is 2.28. The fraction of sp³-hybridized carbons (Fsp3) is 0.769. The van der Waals surface area contributed by atoms with Gasteiger partial charge in [0.1, 0.15) is 9.96 Å². The molecule has 0 N–H and O–H groups in total. The summed E-state index contributed by atoms with van der Waals surface area (Å²) in [4.78, 5) is 14.0. The van der Waals surface area contributed by atoms with Crippen LogP contribution in [0.2, 0.25) is 0 Å². The number of thioether (sulfide) groups is 1. The molecule has 0 aliphatic carbocycles. The Morgan fingerprint density at radius 2 is 1.95 bits per heavy atom. The van der Waals surface area contributed by atoms with E-state index in [1.807, 2.05) is 11.8 Å². The van der Waals surface area contributed by atoms with Gasteiger partial charge >= 0.3 is 0 Å². The molecule has 0 aromatic carbocycles. The van der Waals surface area contributed by atoms with Gasteiger partial charge in [-0.3, -0.25) is 13.9 Å². The summed E-state index contributed by atoms with van der Waals surface area (Å²) >= 11 is 1.58. The van der Waals surface area contributed by atoms with Crippen LogP contribution in [-0.4, -0.2) is 44.4 Å². The summed E-state index contributed by atoms with van der Waals surface area (Å²) in [5.74, 6) is 0.0182. The molecule has 0 aromatic heterocycles. The van der Waals surface area contributed by atoms with Crippen LogP contribution < -0.4 is 0 Å². The van der Waals surface area contributed by atoms with Crippen LogP contribution in [-0.2, 0) is 20.3 Å². The molecular formula is C13H21NO3S2. The van der Waals surface area contributed by atoms with Crippen LogP contribution in [0.4, 0.5) is 0 Å². The molecule has 6 heteroatoms. The second-order valence-electron chi connectivity index (χ2n) is 6.00. The number of hydrogen-bond acceptors (Lipinski definition) is 4. The average Bonchev–Trinajstić information content (AvgIpc) is 2.27. The van der Waals surface area contributed by atoms with Crippen molar-refractivity contribution >= 4 is 28.5 Å². The van der Waals surface area contributed by atoms with Gasteiger partial charge in [0, 0.05) is 35.3 Å². The fourth-order valence-electron chi connectivity index (χ4n) is 2.83. The van der Waals surface area contributed by atoms with Crippen LogP contribution >= 0.6 is 11.8 Å². The maximum Gasteiger partial charge on any atom is 0.260 e. The molecule has 2 heterocycles. The number of amides is 1. The normalized spacial score (nSPS) is 33.1. The molecule has 0 bridgehead atoms. The summed E-state index contributed by atoms with van der Waals surface area (Å²) in [7, 11) is 0.600. The number of hydrogen-bond donors (Lipinski definition) is 0. The largest absolute Gasteiger partial charge is 0.368 e. The van der Waals surface area contributed by atoms with Gasteiger partial charge in [0.2, 0.25) is 0 Å². The molecule has 2 aliphatic rings. The number of carbonyl (C=O) groups excluding carboxylic acids is 1. The van der Waals surface area contributed by atoms with E-state index in [9.17, 15) is 9.00 Å². The molecule has 1 amide bonds. The Labute approximate surface area is 121 Å². The number of ether oxygens (including phenoxy) is 1. The SMILES string of the molecule is CO[C@H]1C(=O)N2C(C(C)(C)C)=C(C)C(S(C)=O)S[C@@H]12. The van der Waals surface area contributed by atoms with Crippen LogP contribution in [0.3, 0.4) is 0 Å². The minimum absolute atomic E-state index is 0.0182. The van der Waals surface area contributed by atoms with E-state index in [1.165, 1.54) is 0 Å². The molecule has 0 spiro atoms. The number of allylic oxidation sites excluding steroid dienone is 1. The van der Waals surface area contributed by atoms with Crippen LogP contribution in [0.1, 0.15) is 27.7 Å². The lowest BCUT2D eigenvalue weighted by atomic mass is 9.85. The van der Waals surface area contributed by atoms with E-state index >= 15 is 0 Å². The van der Waals surface area contributed by atoms with E-state index in [0.717, 1.165) is 11.3 Å². The lowest BCUT2D eigenvalue weighted by Crippen LogP contribution is -2.66. The van der Waals surface area contributed by atoms with Gasteiger partial charge in [0.25, 0.3) is 5.91 Å². The predicted octanol–water partition coefficient (Wildman–Crippen LogP) is 1.94. The molecule has 2 aliphatic heterocycles. The molecular weight excluding hydrogens is 282 g/mol. The summed E-state index contributed by atoms with van der Waals surface area (Å²) < 4.78 is 17.2. The van der Waals surface area contributed by atoms with Crippen molar-refractivity contribution in [1.29, 1.82) is 0 Å². The Kier molecular flexibility index (Phi) is 3.88. The van der Waals surface area contributed by atoms with E-state index in [-0.39, 0.29) is 21.3 Å². The van der Waals surface area contributed by atoms with E-state index < -0.39 is 16.9 Å². The van der Waals surface area contributed by atoms with Crippen molar-refractivity contribution in [3.8, 4) is 0 Å². The minimum atomic E-state index is -0.956. The number of methoxy groups -OCH3 is 1. The number of fused-ring (bicyclic) bond motifs is 1. The Morgan fingerprint density at radius 3 is 2.37 bits per heavy atom. The quantitative estimate of drug-likeness (QED) is 0.732. The predicted molar refractivity (Wildman–Crippen MR) is 79.0 cm³/mol. The van der Waals surface area contributed by atoms with Gasteiger partial charge in [-0.2, -0.15) is 0 Å². The summed E-state index contributed by atoms with van der Waals surface area (Å²) in [5.41, 5.74) is 1.92. The highest BCUT2D eigenvalue weighted by Gasteiger charge is 2.56. The Bertz CT molecular complexity index is 467. The van der Waals surface area contributed by atoms with E-state index in [4.69, 9.17) is 4.74 Å². The molecule has 2 unspecified atom stereocenters. The van der Waals surface area contributed by atoms with E-state index in [0.29, 0.717) is 0 Å². The molecule has 1 saturated heterocycles. The molecule has 0 aromatic rings. The molecule has 1 fully saturated rings. The van der Waals surface area contributed by atoms with Gasteiger partial charge in [-0.1, -0.05) is 20.8 Å². The monoisotopic (exact) mass is 303 g/mol. The van der Waals surface area contributed by atoms with Gasteiger partial charge in [-0.05, 0) is 12.5 Å². The van der Waals surface area contributed by atoms with Crippen molar-refractivity contribution in [3.63, 3.8) is 0 Å². The first kappa shape index (κ1) is 15.1. The van der Waals surface area contributed by atoms with Gasteiger partial charge < -0.3 is 4.74 Å². The Hall–Kier alpha value is -0.330. The van der Waals surface area contributed by atoms with Crippen molar-refractivity contribution in [2.45, 2.75) is 43.8 Å². The molecule has 0 radical (unpaired) electrons. The highest BCUT2D eigenvalue weighted by atomic mass is 32.2. The Morgan fingerprint density at radius 1 is 1.37 bits per heavy atom. The van der Waals surface area contributed by atoms with E-state index in [2.05, 4.69) is 20.8 Å². The summed E-state index contributed by atoms with van der Waals surface area (Å²) in [6.07, 6.45) is 1.32. The zero-order valence-corrected chi connectivity index (χ0v) is 13.9. The topological polar surface area (TPSA) is 46.6 Å². The minimum Gasteiger partial charge on any atom is -0.368 e. The maximum atomic E-state index is 12.2. The second-order valence-corrected chi connectivity index (χ2v) is 9.00. The van der Waals surface area contributed by atoms with Gasteiger partial charge in [0.05, 0.1) is 0 Å². The van der Waals surface area contributed by atoms with Crippen molar-refractivity contribution in [3.05, 3.63) is 11.3 Å². The standard InChI is InChI=1S/C13H21NO3S2/c1-7-9(13(2,3)4)14-10(15)8(17-5)11(14)18-12(7)19(6)16/h8,11-12H,1-6H3/t8-,11-,12?,19?/m0/s1. The molecule has 0 saturated carbocycles. The summed E-state index contributed by atoms with van der Waals surface area (Å²) in [5, 5.41) is -0.0377. The second kappa shape index (κ2) is 4.90. The molecule has 4 nitrogen and oxygen atoms in total. The molecule has 2 rings (SSSR count). The number of carbonyl (C=O) groups is 1. The highest BCUT2D eigenvalue weighted by Crippen LogP contribution is 2.50. The van der Waals surface area contributed by atoms with Crippen LogP contribution in [0.15, 0.2) is 11.3 Å². The first-order chi connectivity index (χ1) is 8.70. The number of β-lactam (4-membered cyclic amide) rings is 1. The molecule has 108 valence electrons. The smallest absolute Gasteiger partial charge is 0.260 e. The van der Waals surface area contributed by atoms with Gasteiger partial charge in [-0.15, -0.1) is 11.8 Å². The lowest BCUT2D eigenvalue weighted by molar-refractivity contribution is -0.159. The van der Waals surface area contributed by atoms with Crippen LogP contribution in [0.25, 0.3) is 0 Å². The number of rotatable bonds is 2. The summed E-state index contributed by atoms with van der Waals surface area (Å²) in [6.45, 7) is 8.25. The zero-order valence-electron chi connectivity index (χ0n) is 12.2.